The maximum atomic E-state index is 12.3. The highest BCUT2D eigenvalue weighted by Gasteiger charge is 2.57. The summed E-state index contributed by atoms with van der Waals surface area (Å²) in [6.07, 6.45) is 8.62. The molecule has 4 atom stereocenters. The summed E-state index contributed by atoms with van der Waals surface area (Å²) in [5, 5.41) is 3.15. The van der Waals surface area contributed by atoms with Crippen molar-refractivity contribution in [2.45, 2.75) is 75.6 Å². The summed E-state index contributed by atoms with van der Waals surface area (Å²) in [5.74, 6) is 1.98. The van der Waals surface area contributed by atoms with Crippen LogP contribution in [0.15, 0.2) is 0 Å². The molecule has 0 aliphatic heterocycles. The van der Waals surface area contributed by atoms with Crippen molar-refractivity contribution in [1.29, 1.82) is 0 Å². The molecule has 0 radical (unpaired) electrons. The molecule has 4 aliphatic carbocycles. The van der Waals surface area contributed by atoms with E-state index in [1.165, 1.54) is 38.5 Å². The van der Waals surface area contributed by atoms with Crippen molar-refractivity contribution >= 4 is 21.8 Å². The molecule has 4 rings (SSSR count). The second kappa shape index (κ2) is 4.22. The summed E-state index contributed by atoms with van der Waals surface area (Å²) < 4.78 is 0.360. The smallest absolute Gasteiger partial charge is 0.220 e. The van der Waals surface area contributed by atoms with Crippen LogP contribution in [-0.4, -0.2) is 15.8 Å². The first-order valence-electron chi connectivity index (χ1n) is 7.67. The van der Waals surface area contributed by atoms with Crippen molar-refractivity contribution in [3.05, 3.63) is 0 Å². The highest BCUT2D eigenvalue weighted by atomic mass is 79.9. The lowest BCUT2D eigenvalue weighted by atomic mass is 9.48. The van der Waals surface area contributed by atoms with Crippen molar-refractivity contribution in [3.63, 3.8) is 0 Å². The van der Waals surface area contributed by atoms with Gasteiger partial charge in [0, 0.05) is 16.3 Å². The molecule has 1 N–H and O–H groups in total. The number of carbonyl (C=O) groups is 1. The maximum absolute atomic E-state index is 12.3. The molecule has 108 valence electrons. The second-order valence-corrected chi connectivity index (χ2v) is 10.3. The molecule has 2 unspecified atom stereocenters. The summed E-state index contributed by atoms with van der Waals surface area (Å²) in [6.45, 7) is 6.20. The van der Waals surface area contributed by atoms with Crippen LogP contribution in [-0.2, 0) is 4.79 Å². The lowest BCUT2D eigenvalue weighted by Gasteiger charge is -2.60. The Bertz CT molecular complexity index is 384. The maximum Gasteiger partial charge on any atom is 0.220 e. The highest BCUT2D eigenvalue weighted by Crippen LogP contribution is 2.65. The molecule has 4 aliphatic rings. The fourth-order valence-corrected chi connectivity index (χ4v) is 6.86. The molecule has 4 bridgehead atoms. The van der Waals surface area contributed by atoms with Gasteiger partial charge in [-0.15, -0.1) is 0 Å². The Labute approximate surface area is 125 Å². The van der Waals surface area contributed by atoms with E-state index < -0.39 is 0 Å². The van der Waals surface area contributed by atoms with Gasteiger partial charge in [-0.25, -0.2) is 0 Å². The van der Waals surface area contributed by atoms with Gasteiger partial charge in [0.05, 0.1) is 0 Å². The van der Waals surface area contributed by atoms with Crippen LogP contribution in [0.1, 0.15) is 65.7 Å². The number of alkyl halides is 1. The second-order valence-electron chi connectivity index (χ2n) is 8.59. The van der Waals surface area contributed by atoms with Crippen molar-refractivity contribution in [2.24, 2.45) is 17.3 Å². The van der Waals surface area contributed by atoms with E-state index in [0.717, 1.165) is 18.3 Å². The summed E-state index contributed by atoms with van der Waals surface area (Å²) in [6, 6.07) is 0. The Morgan fingerprint density at radius 2 is 1.79 bits per heavy atom. The molecule has 4 fully saturated rings. The van der Waals surface area contributed by atoms with Crippen molar-refractivity contribution in [3.8, 4) is 0 Å². The van der Waals surface area contributed by atoms with Gasteiger partial charge < -0.3 is 5.32 Å². The Kier molecular flexibility index (Phi) is 3.09. The Morgan fingerprint density at radius 3 is 2.26 bits per heavy atom. The van der Waals surface area contributed by atoms with Gasteiger partial charge in [-0.1, -0.05) is 15.9 Å². The van der Waals surface area contributed by atoms with Crippen LogP contribution < -0.4 is 5.32 Å². The van der Waals surface area contributed by atoms with Crippen LogP contribution in [0.5, 0.6) is 0 Å². The fourth-order valence-electron chi connectivity index (χ4n) is 5.35. The number of nitrogens with one attached hydrogen (secondary N) is 1. The molecule has 0 heterocycles. The van der Waals surface area contributed by atoms with E-state index in [-0.39, 0.29) is 11.4 Å². The first-order valence-corrected chi connectivity index (χ1v) is 8.46. The molecule has 19 heavy (non-hydrogen) atoms. The van der Waals surface area contributed by atoms with Crippen molar-refractivity contribution in [1.82, 2.24) is 5.32 Å². The third kappa shape index (κ3) is 2.86. The first kappa shape index (κ1) is 13.9. The first-order chi connectivity index (χ1) is 8.67. The summed E-state index contributed by atoms with van der Waals surface area (Å²) in [7, 11) is 0. The van der Waals surface area contributed by atoms with Gasteiger partial charge in [-0.05, 0) is 76.5 Å². The van der Waals surface area contributed by atoms with E-state index in [4.69, 9.17) is 0 Å². The van der Waals surface area contributed by atoms with Crippen LogP contribution in [0.3, 0.4) is 0 Å². The van der Waals surface area contributed by atoms with Crippen molar-refractivity contribution < 1.29 is 4.79 Å². The molecular formula is C16H26BrNO. The molecule has 0 aromatic rings. The SMILES string of the molecule is CC(C)(C)NC(=O)CC12C[C@@H]3C[C@@H](CC(Br)(C3)C1)C2. The Morgan fingerprint density at radius 1 is 1.21 bits per heavy atom. The number of carbonyl (C=O) groups excluding carboxylic acids is 1. The largest absolute Gasteiger partial charge is 0.351 e. The molecule has 3 heteroatoms. The molecule has 2 nitrogen and oxygen atoms in total. The third-order valence-corrected chi connectivity index (χ3v) is 6.09. The standard InChI is InChI=1S/C16H26BrNO/c1-14(2,3)18-13(19)9-15-5-11-4-12(6-15)8-16(17,7-11)10-15/h11-12H,4-10H2,1-3H3,(H,18,19)/t11-,12+,15?,16?. The van der Waals surface area contributed by atoms with Gasteiger partial charge in [-0.3, -0.25) is 4.79 Å². The average Bonchev–Trinajstić information content (AvgIpc) is 2.06. The predicted octanol–water partition coefficient (Wildman–Crippen LogP) is 4.03. The summed E-state index contributed by atoms with van der Waals surface area (Å²) in [5.41, 5.74) is 0.189. The van der Waals surface area contributed by atoms with Crippen molar-refractivity contribution in [2.75, 3.05) is 0 Å². The zero-order valence-corrected chi connectivity index (χ0v) is 14.0. The van der Waals surface area contributed by atoms with E-state index in [1.807, 2.05) is 0 Å². The molecular weight excluding hydrogens is 302 g/mol. The number of rotatable bonds is 2. The van der Waals surface area contributed by atoms with Crippen LogP contribution in [0, 0.1) is 17.3 Å². The van der Waals surface area contributed by atoms with E-state index in [1.54, 1.807) is 0 Å². The minimum Gasteiger partial charge on any atom is -0.351 e. The predicted molar refractivity (Wildman–Crippen MR) is 81.3 cm³/mol. The molecule has 0 saturated heterocycles. The van der Waals surface area contributed by atoms with E-state index >= 15 is 0 Å². The van der Waals surface area contributed by atoms with E-state index in [0.29, 0.717) is 9.74 Å². The Hall–Kier alpha value is -0.0500. The molecule has 0 aromatic carbocycles. The molecule has 4 saturated carbocycles. The van der Waals surface area contributed by atoms with Crippen LogP contribution in [0.25, 0.3) is 0 Å². The van der Waals surface area contributed by atoms with E-state index in [9.17, 15) is 4.79 Å². The highest BCUT2D eigenvalue weighted by molar-refractivity contribution is 9.10. The van der Waals surface area contributed by atoms with E-state index in [2.05, 4.69) is 42.0 Å². The topological polar surface area (TPSA) is 29.1 Å². The van der Waals surface area contributed by atoms with Gasteiger partial charge in [0.1, 0.15) is 0 Å². The monoisotopic (exact) mass is 327 g/mol. The fraction of sp³-hybridized carbons (Fsp3) is 0.938. The van der Waals surface area contributed by atoms with Crippen LogP contribution in [0.4, 0.5) is 0 Å². The minimum absolute atomic E-state index is 0.106. The Balaban J connectivity index is 1.72. The van der Waals surface area contributed by atoms with Crippen LogP contribution >= 0.6 is 15.9 Å². The quantitative estimate of drug-likeness (QED) is 0.762. The zero-order valence-electron chi connectivity index (χ0n) is 12.4. The van der Waals surface area contributed by atoms with Gasteiger partial charge >= 0.3 is 0 Å². The summed E-state index contributed by atoms with van der Waals surface area (Å²) in [4.78, 5) is 12.3. The number of amides is 1. The lowest BCUT2D eigenvalue weighted by molar-refractivity contribution is -0.129. The van der Waals surface area contributed by atoms with Gasteiger partial charge in [-0.2, -0.15) is 0 Å². The lowest BCUT2D eigenvalue weighted by Crippen LogP contribution is -2.54. The number of halogens is 1. The normalized spacial score (nSPS) is 44.4. The van der Waals surface area contributed by atoms with Crippen LogP contribution in [0.2, 0.25) is 0 Å². The molecule has 0 aromatic heterocycles. The van der Waals surface area contributed by atoms with Gasteiger partial charge in [0.2, 0.25) is 5.91 Å². The molecule has 0 spiro atoms. The van der Waals surface area contributed by atoms with Gasteiger partial charge in [0.25, 0.3) is 0 Å². The number of hydrogen-bond donors (Lipinski definition) is 1. The minimum atomic E-state index is -0.106. The third-order valence-electron chi connectivity index (χ3n) is 5.16. The summed E-state index contributed by atoms with van der Waals surface area (Å²) >= 11 is 4.01. The average molecular weight is 328 g/mol. The molecule has 1 amide bonds. The number of hydrogen-bond acceptors (Lipinski definition) is 1. The van der Waals surface area contributed by atoms with Gasteiger partial charge in [0.15, 0.2) is 0 Å². The zero-order chi connectivity index (χ0) is 13.9.